The fourth-order valence-electron chi connectivity index (χ4n) is 2.72. The van der Waals surface area contributed by atoms with Crippen molar-refractivity contribution < 1.29 is 18.7 Å². The Kier molecular flexibility index (Phi) is 5.16. The first-order valence-electron chi connectivity index (χ1n) is 8.65. The highest BCUT2D eigenvalue weighted by atomic mass is 19.1. The van der Waals surface area contributed by atoms with E-state index in [-0.39, 0.29) is 12.1 Å². The lowest BCUT2D eigenvalue weighted by Gasteiger charge is -2.40. The molecule has 0 atom stereocenters. The summed E-state index contributed by atoms with van der Waals surface area (Å²) in [7, 11) is 1.53. The van der Waals surface area contributed by atoms with Gasteiger partial charge in [-0.15, -0.1) is 0 Å². The maximum absolute atomic E-state index is 13.4. The molecule has 0 aliphatic carbocycles. The zero-order valence-corrected chi connectivity index (χ0v) is 15.8. The summed E-state index contributed by atoms with van der Waals surface area (Å²) in [6.45, 7) is 6.55. The number of rotatable bonds is 4. The summed E-state index contributed by atoms with van der Waals surface area (Å²) in [4.78, 5) is 21.5. The summed E-state index contributed by atoms with van der Waals surface area (Å²) in [5.74, 6) is -0.117. The Morgan fingerprint density at radius 1 is 1.26 bits per heavy atom. The van der Waals surface area contributed by atoms with Gasteiger partial charge in [0.1, 0.15) is 5.60 Å². The minimum Gasteiger partial charge on any atom is -0.480 e. The first-order valence-corrected chi connectivity index (χ1v) is 8.65. The third-order valence-electron chi connectivity index (χ3n) is 4.00. The van der Waals surface area contributed by atoms with Gasteiger partial charge in [0.15, 0.2) is 0 Å². The molecular weight excluding hydrogens is 351 g/mol. The van der Waals surface area contributed by atoms with Crippen molar-refractivity contribution in [2.45, 2.75) is 32.4 Å². The van der Waals surface area contributed by atoms with Crippen molar-refractivity contribution >= 4 is 11.8 Å². The molecule has 3 heterocycles. The number of carbonyl (C=O) groups excluding carboxylic acids is 1. The SMILES string of the molecule is COc1ncc(-c2ccnc(F)c2)cc1NC1CN(C(=O)OC(C)(C)C)C1. The molecular formula is C19H23FN4O3. The number of carbonyl (C=O) groups is 1. The number of nitrogens with zero attached hydrogens (tertiary/aromatic N) is 3. The van der Waals surface area contributed by atoms with Crippen LogP contribution in [0.25, 0.3) is 11.1 Å². The lowest BCUT2D eigenvalue weighted by molar-refractivity contribution is 0.0105. The van der Waals surface area contributed by atoms with E-state index in [0.717, 1.165) is 5.56 Å². The van der Waals surface area contributed by atoms with Gasteiger partial charge in [0.05, 0.1) is 18.8 Å². The lowest BCUT2D eigenvalue weighted by Crippen LogP contribution is -2.57. The number of nitrogens with one attached hydrogen (secondary N) is 1. The Morgan fingerprint density at radius 3 is 2.63 bits per heavy atom. The Hall–Kier alpha value is -2.90. The van der Waals surface area contributed by atoms with Gasteiger partial charge in [0.25, 0.3) is 0 Å². The van der Waals surface area contributed by atoms with Crippen LogP contribution in [-0.4, -0.2) is 52.8 Å². The number of hydrogen-bond acceptors (Lipinski definition) is 6. The monoisotopic (exact) mass is 374 g/mol. The van der Waals surface area contributed by atoms with Gasteiger partial charge in [-0.3, -0.25) is 0 Å². The van der Waals surface area contributed by atoms with Gasteiger partial charge in [0, 0.05) is 37.1 Å². The van der Waals surface area contributed by atoms with Crippen molar-refractivity contribution in [2.24, 2.45) is 0 Å². The van der Waals surface area contributed by atoms with Crippen LogP contribution < -0.4 is 10.1 Å². The Morgan fingerprint density at radius 2 is 2.00 bits per heavy atom. The molecule has 0 radical (unpaired) electrons. The van der Waals surface area contributed by atoms with Crippen LogP contribution in [0, 0.1) is 5.95 Å². The molecule has 1 N–H and O–H groups in total. The molecule has 0 aromatic carbocycles. The third kappa shape index (κ3) is 4.64. The highest BCUT2D eigenvalue weighted by Gasteiger charge is 2.34. The highest BCUT2D eigenvalue weighted by Crippen LogP contribution is 2.30. The molecule has 0 saturated carbocycles. The zero-order chi connectivity index (χ0) is 19.6. The first-order chi connectivity index (χ1) is 12.7. The van der Waals surface area contributed by atoms with E-state index >= 15 is 0 Å². The van der Waals surface area contributed by atoms with Crippen molar-refractivity contribution in [2.75, 3.05) is 25.5 Å². The van der Waals surface area contributed by atoms with Gasteiger partial charge < -0.3 is 19.7 Å². The Balaban J connectivity index is 1.68. The van der Waals surface area contributed by atoms with Gasteiger partial charge in [-0.05, 0) is 38.5 Å². The average Bonchev–Trinajstić information content (AvgIpc) is 2.55. The maximum atomic E-state index is 13.4. The van der Waals surface area contributed by atoms with Crippen LogP contribution in [-0.2, 0) is 4.74 Å². The number of pyridine rings is 2. The molecule has 8 heteroatoms. The number of methoxy groups -OCH3 is 1. The van der Waals surface area contributed by atoms with Crippen LogP contribution in [0.2, 0.25) is 0 Å². The number of ether oxygens (including phenoxy) is 2. The molecule has 3 rings (SSSR count). The van der Waals surface area contributed by atoms with E-state index in [1.165, 1.54) is 19.4 Å². The summed E-state index contributed by atoms with van der Waals surface area (Å²) < 4.78 is 24.0. The molecule has 1 amide bonds. The highest BCUT2D eigenvalue weighted by molar-refractivity contribution is 5.71. The van der Waals surface area contributed by atoms with Gasteiger partial charge in [-0.1, -0.05) is 0 Å². The van der Waals surface area contributed by atoms with E-state index < -0.39 is 11.5 Å². The van der Waals surface area contributed by atoms with Crippen LogP contribution >= 0.6 is 0 Å². The van der Waals surface area contributed by atoms with Crippen molar-refractivity contribution in [1.29, 1.82) is 0 Å². The summed E-state index contributed by atoms with van der Waals surface area (Å²) in [6, 6.07) is 4.96. The number of amides is 1. The van der Waals surface area contributed by atoms with E-state index in [1.54, 1.807) is 17.2 Å². The quantitative estimate of drug-likeness (QED) is 0.828. The normalized spacial score (nSPS) is 14.5. The summed E-state index contributed by atoms with van der Waals surface area (Å²) in [5.41, 5.74) is 1.57. The van der Waals surface area contributed by atoms with Crippen LogP contribution in [0.15, 0.2) is 30.6 Å². The zero-order valence-electron chi connectivity index (χ0n) is 15.8. The van der Waals surface area contributed by atoms with Gasteiger partial charge in [0.2, 0.25) is 11.8 Å². The van der Waals surface area contributed by atoms with E-state index in [0.29, 0.717) is 30.2 Å². The molecule has 1 aliphatic heterocycles. The lowest BCUT2D eigenvalue weighted by atomic mass is 10.1. The average molecular weight is 374 g/mol. The molecule has 7 nitrogen and oxygen atoms in total. The molecule has 1 fully saturated rings. The van der Waals surface area contributed by atoms with Gasteiger partial charge in [-0.25, -0.2) is 14.8 Å². The summed E-state index contributed by atoms with van der Waals surface area (Å²) in [6.07, 6.45) is 2.70. The second-order valence-electron chi connectivity index (χ2n) is 7.37. The molecule has 0 unspecified atom stereocenters. The second kappa shape index (κ2) is 7.38. The third-order valence-corrected chi connectivity index (χ3v) is 4.00. The van der Waals surface area contributed by atoms with E-state index in [9.17, 15) is 9.18 Å². The van der Waals surface area contributed by atoms with E-state index in [1.807, 2.05) is 26.8 Å². The topological polar surface area (TPSA) is 76.6 Å². The number of likely N-dealkylation sites (tertiary alicyclic amines) is 1. The molecule has 27 heavy (non-hydrogen) atoms. The fraction of sp³-hybridized carbons (Fsp3) is 0.421. The van der Waals surface area contributed by atoms with Crippen LogP contribution in [0.5, 0.6) is 5.88 Å². The minimum absolute atomic E-state index is 0.0534. The number of aromatic nitrogens is 2. The molecule has 144 valence electrons. The van der Waals surface area contributed by atoms with Crippen LogP contribution in [0.3, 0.4) is 0 Å². The van der Waals surface area contributed by atoms with Crippen molar-refractivity contribution in [3.8, 4) is 17.0 Å². The Bertz CT molecular complexity index is 832. The van der Waals surface area contributed by atoms with Crippen molar-refractivity contribution in [1.82, 2.24) is 14.9 Å². The predicted molar refractivity (Wildman–Crippen MR) is 99.2 cm³/mol. The van der Waals surface area contributed by atoms with E-state index in [4.69, 9.17) is 9.47 Å². The summed E-state index contributed by atoms with van der Waals surface area (Å²) in [5, 5.41) is 3.32. The number of hydrogen-bond donors (Lipinski definition) is 1. The largest absolute Gasteiger partial charge is 0.480 e. The van der Waals surface area contributed by atoms with Gasteiger partial charge in [-0.2, -0.15) is 4.39 Å². The predicted octanol–water partition coefficient (Wildman–Crippen LogP) is 3.32. The van der Waals surface area contributed by atoms with Crippen LogP contribution in [0.1, 0.15) is 20.8 Å². The maximum Gasteiger partial charge on any atom is 0.410 e. The van der Waals surface area contributed by atoms with Crippen molar-refractivity contribution in [3.05, 3.63) is 36.5 Å². The number of halogens is 1. The second-order valence-corrected chi connectivity index (χ2v) is 7.37. The summed E-state index contributed by atoms with van der Waals surface area (Å²) >= 11 is 0. The molecule has 0 bridgehead atoms. The van der Waals surface area contributed by atoms with Crippen molar-refractivity contribution in [3.63, 3.8) is 0 Å². The molecule has 1 aliphatic rings. The molecule has 2 aromatic heterocycles. The fourth-order valence-corrected chi connectivity index (χ4v) is 2.72. The van der Waals surface area contributed by atoms with Gasteiger partial charge >= 0.3 is 6.09 Å². The van der Waals surface area contributed by atoms with E-state index in [2.05, 4.69) is 15.3 Å². The molecule has 0 spiro atoms. The number of anilines is 1. The van der Waals surface area contributed by atoms with Crippen LogP contribution in [0.4, 0.5) is 14.9 Å². The Labute approximate surface area is 157 Å². The molecule has 2 aromatic rings. The standard InChI is InChI=1S/C19H23FN4O3/c1-19(2,3)27-18(25)24-10-14(11-24)23-15-7-13(9-22-17(15)26-4)12-5-6-21-16(20)8-12/h5-9,14,23H,10-11H2,1-4H3. The first kappa shape index (κ1) is 18.9. The smallest absolute Gasteiger partial charge is 0.410 e. The molecule has 1 saturated heterocycles. The minimum atomic E-state index is -0.551.